The molecule has 2 rings (SSSR count). The maximum Gasteiger partial charge on any atom is 0.192 e. The highest BCUT2D eigenvalue weighted by atomic mass is 79.9. The molecule has 1 aromatic carbocycles. The lowest BCUT2D eigenvalue weighted by atomic mass is 9.98. The van der Waals surface area contributed by atoms with Gasteiger partial charge in [-0.2, -0.15) is 0 Å². The molecule has 152 valence electrons. The molecule has 0 aliphatic carbocycles. The van der Waals surface area contributed by atoms with Crippen LogP contribution in [0.1, 0.15) is 48.4 Å². The monoisotopic (exact) mass is 491 g/mol. The molecule has 0 fully saturated rings. The number of benzene rings is 1. The second kappa shape index (κ2) is 10.0. The van der Waals surface area contributed by atoms with E-state index in [1.807, 2.05) is 36.7 Å². The third-order valence-corrected chi connectivity index (χ3v) is 10.8. The number of thiophene rings is 1. The lowest BCUT2D eigenvalue weighted by Gasteiger charge is -2.36. The van der Waals surface area contributed by atoms with Crippen molar-refractivity contribution in [2.45, 2.75) is 58.2 Å². The molecular weight excluding hydrogens is 462 g/mol. The second-order valence-electron chi connectivity index (χ2n) is 8.17. The van der Waals surface area contributed by atoms with Crippen LogP contribution in [0.15, 0.2) is 29.6 Å². The Morgan fingerprint density at radius 3 is 2.52 bits per heavy atom. The molecule has 0 spiro atoms. The molecule has 7 heteroatoms. The Kier molecular flexibility index (Phi) is 9.20. The normalized spacial score (nSPS) is 13.3. The summed E-state index contributed by atoms with van der Waals surface area (Å²) in [5.74, 6) is 0. The fraction of sp³-hybridized carbons (Fsp3) is 0.500. The topological polar surface area (TPSA) is 41.5 Å². The van der Waals surface area contributed by atoms with Gasteiger partial charge in [0.2, 0.25) is 0 Å². The van der Waals surface area contributed by atoms with Gasteiger partial charge in [0, 0.05) is 16.4 Å². The fourth-order valence-electron chi connectivity index (χ4n) is 2.44. The highest BCUT2D eigenvalue weighted by molar-refractivity contribution is 8.93. The van der Waals surface area contributed by atoms with E-state index in [1.165, 1.54) is 0 Å². The molecule has 2 N–H and O–H groups in total. The zero-order chi connectivity index (χ0) is 19.5. The molecule has 0 saturated heterocycles. The molecule has 1 atom stereocenters. The van der Waals surface area contributed by atoms with Crippen molar-refractivity contribution in [3.8, 4) is 0 Å². The number of aliphatic hydroxyl groups excluding tert-OH is 1. The van der Waals surface area contributed by atoms with Crippen LogP contribution < -0.4 is 5.32 Å². The number of nitrogens with one attached hydrogen (secondary N) is 1. The van der Waals surface area contributed by atoms with Crippen molar-refractivity contribution in [2.24, 2.45) is 0 Å². The van der Waals surface area contributed by atoms with Crippen molar-refractivity contribution in [3.05, 3.63) is 56.2 Å². The van der Waals surface area contributed by atoms with Crippen LogP contribution in [-0.2, 0) is 17.6 Å². The zero-order valence-electron chi connectivity index (χ0n) is 16.9. The standard InChI is InChI=1S/C20H30ClNO2SSi.BrH/c1-20(2,3)26(5,6)24-12-17-9-15(13-25-17)19(23)18-10-16(21)8-7-14(18)11-22-4;/h7-10,13,19,22-23H,11-12H2,1-6H3;1H. The number of hydrogen-bond acceptors (Lipinski definition) is 4. The molecule has 3 nitrogen and oxygen atoms in total. The summed E-state index contributed by atoms with van der Waals surface area (Å²) >= 11 is 7.79. The molecule has 1 unspecified atom stereocenters. The third kappa shape index (κ3) is 6.39. The third-order valence-electron chi connectivity index (χ3n) is 5.14. The van der Waals surface area contributed by atoms with Crippen LogP contribution in [0.4, 0.5) is 0 Å². The highest BCUT2D eigenvalue weighted by Crippen LogP contribution is 2.38. The van der Waals surface area contributed by atoms with Gasteiger partial charge in [0.1, 0.15) is 6.10 Å². The van der Waals surface area contributed by atoms with Gasteiger partial charge in [0.15, 0.2) is 8.32 Å². The van der Waals surface area contributed by atoms with Crippen LogP contribution in [-0.4, -0.2) is 20.5 Å². The maximum absolute atomic E-state index is 10.9. The van der Waals surface area contributed by atoms with Gasteiger partial charge >= 0.3 is 0 Å². The van der Waals surface area contributed by atoms with Crippen LogP contribution >= 0.6 is 39.9 Å². The summed E-state index contributed by atoms with van der Waals surface area (Å²) in [4.78, 5) is 1.14. The van der Waals surface area contributed by atoms with Crippen molar-refractivity contribution in [1.29, 1.82) is 0 Å². The minimum absolute atomic E-state index is 0. The molecule has 2 aromatic rings. The molecular formula is C20H31BrClNO2SSi. The van der Waals surface area contributed by atoms with E-state index in [9.17, 15) is 5.11 Å². The molecule has 0 bridgehead atoms. The smallest absolute Gasteiger partial charge is 0.192 e. The van der Waals surface area contributed by atoms with E-state index in [0.29, 0.717) is 18.2 Å². The first kappa shape index (κ1) is 24.8. The first-order valence-corrected chi connectivity index (χ1v) is 13.0. The maximum atomic E-state index is 10.9. The van der Waals surface area contributed by atoms with E-state index < -0.39 is 14.4 Å². The van der Waals surface area contributed by atoms with E-state index in [0.717, 1.165) is 21.6 Å². The fourth-order valence-corrected chi connectivity index (χ4v) is 4.49. The van der Waals surface area contributed by atoms with E-state index in [1.54, 1.807) is 11.3 Å². The van der Waals surface area contributed by atoms with Crippen molar-refractivity contribution < 1.29 is 9.53 Å². The molecule has 0 amide bonds. The summed E-state index contributed by atoms with van der Waals surface area (Å²) in [5, 5.41) is 16.9. The molecule has 27 heavy (non-hydrogen) atoms. The van der Waals surface area contributed by atoms with Gasteiger partial charge in [-0.15, -0.1) is 28.3 Å². The summed E-state index contributed by atoms with van der Waals surface area (Å²) in [6.45, 7) is 12.5. The number of halogens is 2. The molecule has 0 aliphatic heterocycles. The highest BCUT2D eigenvalue weighted by Gasteiger charge is 2.37. The number of aliphatic hydroxyl groups is 1. The molecule has 0 radical (unpaired) electrons. The Morgan fingerprint density at radius 2 is 1.93 bits per heavy atom. The van der Waals surface area contributed by atoms with Crippen molar-refractivity contribution in [2.75, 3.05) is 7.05 Å². The van der Waals surface area contributed by atoms with Crippen LogP contribution in [0, 0.1) is 0 Å². The Morgan fingerprint density at radius 1 is 1.26 bits per heavy atom. The molecule has 1 heterocycles. The average molecular weight is 493 g/mol. The quantitative estimate of drug-likeness (QED) is 0.445. The van der Waals surface area contributed by atoms with E-state index >= 15 is 0 Å². The Hall–Kier alpha value is -0.213. The van der Waals surface area contributed by atoms with Gasteiger partial charge in [-0.3, -0.25) is 0 Å². The number of rotatable bonds is 7. The predicted octanol–water partition coefficient (Wildman–Crippen LogP) is 6.30. The lowest BCUT2D eigenvalue weighted by Crippen LogP contribution is -2.40. The van der Waals surface area contributed by atoms with Gasteiger partial charge in [0.25, 0.3) is 0 Å². The summed E-state index contributed by atoms with van der Waals surface area (Å²) < 4.78 is 6.30. The SMILES string of the molecule is Br.CNCc1ccc(Cl)cc1C(O)c1csc(CO[Si](C)(C)C(C)(C)C)c1. The van der Waals surface area contributed by atoms with Crippen LogP contribution in [0.25, 0.3) is 0 Å². The van der Waals surface area contributed by atoms with Gasteiger partial charge in [-0.25, -0.2) is 0 Å². The number of hydrogen-bond donors (Lipinski definition) is 2. The van der Waals surface area contributed by atoms with Crippen molar-refractivity contribution in [3.63, 3.8) is 0 Å². The first-order chi connectivity index (χ1) is 12.0. The van der Waals surface area contributed by atoms with E-state index in [4.69, 9.17) is 16.0 Å². The summed E-state index contributed by atoms with van der Waals surface area (Å²) in [7, 11) is 0.116. The van der Waals surface area contributed by atoms with Crippen LogP contribution in [0.5, 0.6) is 0 Å². The largest absolute Gasteiger partial charge is 0.412 e. The van der Waals surface area contributed by atoms with Crippen LogP contribution in [0.2, 0.25) is 23.2 Å². The van der Waals surface area contributed by atoms with Gasteiger partial charge in [-0.1, -0.05) is 38.4 Å². The minimum Gasteiger partial charge on any atom is -0.412 e. The Balaban J connectivity index is 0.00000364. The zero-order valence-corrected chi connectivity index (χ0v) is 21.2. The molecule has 1 aromatic heterocycles. The summed E-state index contributed by atoms with van der Waals surface area (Å²) in [6, 6.07) is 7.72. The Bertz CT molecular complexity index is 746. The average Bonchev–Trinajstić information content (AvgIpc) is 3.02. The second-order valence-corrected chi connectivity index (χ2v) is 14.4. The lowest BCUT2D eigenvalue weighted by molar-refractivity contribution is 0.219. The Labute approximate surface area is 184 Å². The predicted molar refractivity (Wildman–Crippen MR) is 125 cm³/mol. The van der Waals surface area contributed by atoms with E-state index in [2.05, 4.69) is 39.2 Å². The van der Waals surface area contributed by atoms with Crippen molar-refractivity contribution in [1.82, 2.24) is 5.32 Å². The van der Waals surface area contributed by atoms with E-state index in [-0.39, 0.29) is 22.0 Å². The summed E-state index contributed by atoms with van der Waals surface area (Å²) in [6.07, 6.45) is -0.685. The van der Waals surface area contributed by atoms with Crippen molar-refractivity contribution >= 4 is 48.2 Å². The van der Waals surface area contributed by atoms with Gasteiger partial charge in [0.05, 0.1) is 6.61 Å². The minimum atomic E-state index is -1.78. The van der Waals surface area contributed by atoms with Gasteiger partial charge in [-0.05, 0) is 65.4 Å². The first-order valence-electron chi connectivity index (χ1n) is 8.87. The summed E-state index contributed by atoms with van der Waals surface area (Å²) in [5.41, 5.74) is 2.79. The van der Waals surface area contributed by atoms with Gasteiger partial charge < -0.3 is 14.8 Å². The molecule has 0 aliphatic rings. The molecule has 0 saturated carbocycles. The van der Waals surface area contributed by atoms with Crippen LogP contribution in [0.3, 0.4) is 0 Å².